The first-order valence-corrected chi connectivity index (χ1v) is 12.8. The lowest BCUT2D eigenvalue weighted by molar-refractivity contribution is -0.133. The van der Waals surface area contributed by atoms with E-state index in [0.717, 1.165) is 27.8 Å². The van der Waals surface area contributed by atoms with Crippen molar-refractivity contribution >= 4 is 23.8 Å². The molecular formula is C33H35NO7. The highest BCUT2D eigenvalue weighted by molar-refractivity contribution is 5.96. The van der Waals surface area contributed by atoms with Gasteiger partial charge in [0.25, 0.3) is 0 Å². The molecule has 0 bridgehead atoms. The number of esters is 2. The number of carboxylic acid groups (broad SMARTS) is 1. The van der Waals surface area contributed by atoms with Gasteiger partial charge in [0.2, 0.25) is 5.91 Å². The van der Waals surface area contributed by atoms with E-state index in [2.05, 4.69) is 18.5 Å². The van der Waals surface area contributed by atoms with Crippen molar-refractivity contribution in [1.29, 1.82) is 0 Å². The first-order chi connectivity index (χ1) is 19.4. The van der Waals surface area contributed by atoms with Gasteiger partial charge in [-0.25, -0.2) is 14.4 Å². The number of benzene rings is 3. The molecule has 0 saturated heterocycles. The number of ether oxygens (including phenoxy) is 2. The summed E-state index contributed by atoms with van der Waals surface area (Å²) in [4.78, 5) is 46.4. The van der Waals surface area contributed by atoms with Gasteiger partial charge in [-0.2, -0.15) is 0 Å². The fraction of sp³-hybridized carbons (Fsp3) is 0.212. The summed E-state index contributed by atoms with van der Waals surface area (Å²) in [6, 6.07) is 20.6. The lowest BCUT2D eigenvalue weighted by atomic mass is 10.0. The van der Waals surface area contributed by atoms with Gasteiger partial charge in [0.15, 0.2) is 0 Å². The van der Waals surface area contributed by atoms with Crippen LogP contribution in [0.5, 0.6) is 0 Å². The molecule has 0 aromatic heterocycles. The first-order valence-electron chi connectivity index (χ1n) is 12.8. The molecular weight excluding hydrogens is 522 g/mol. The summed E-state index contributed by atoms with van der Waals surface area (Å²) in [5.74, 6) is -2.46. The Hall–Kier alpha value is -4.98. The highest BCUT2D eigenvalue weighted by Gasteiger charge is 2.16. The van der Waals surface area contributed by atoms with E-state index < -0.39 is 17.9 Å². The van der Waals surface area contributed by atoms with Gasteiger partial charge in [-0.05, 0) is 55.5 Å². The van der Waals surface area contributed by atoms with Crippen molar-refractivity contribution in [2.75, 3.05) is 13.2 Å². The molecule has 3 aromatic rings. The van der Waals surface area contributed by atoms with Crippen LogP contribution in [0.25, 0.3) is 0 Å². The molecule has 1 amide bonds. The number of carboxylic acids is 1. The summed E-state index contributed by atoms with van der Waals surface area (Å²) in [7, 11) is 0. The Bertz CT molecular complexity index is 1400. The average Bonchev–Trinajstić information content (AvgIpc) is 2.94. The number of nitrogens with one attached hydrogen (secondary N) is 1. The minimum atomic E-state index is -1.17. The van der Waals surface area contributed by atoms with E-state index in [0.29, 0.717) is 17.7 Å². The number of aliphatic carboxylic acids is 1. The largest absolute Gasteiger partial charge is 0.478 e. The van der Waals surface area contributed by atoms with Crippen LogP contribution in [-0.2, 0) is 25.6 Å². The van der Waals surface area contributed by atoms with Gasteiger partial charge < -0.3 is 19.9 Å². The van der Waals surface area contributed by atoms with Crippen molar-refractivity contribution in [3.05, 3.63) is 130 Å². The predicted molar refractivity (Wildman–Crippen MR) is 157 cm³/mol. The van der Waals surface area contributed by atoms with E-state index in [9.17, 15) is 19.2 Å². The van der Waals surface area contributed by atoms with E-state index >= 15 is 0 Å². The molecule has 0 fully saturated rings. The van der Waals surface area contributed by atoms with E-state index in [1.807, 2.05) is 68.4 Å². The van der Waals surface area contributed by atoms with Crippen LogP contribution in [0.2, 0.25) is 0 Å². The summed E-state index contributed by atoms with van der Waals surface area (Å²) in [6.45, 7) is 14.3. The zero-order chi connectivity index (χ0) is 30.5. The third kappa shape index (κ3) is 9.93. The molecule has 0 unspecified atom stereocenters. The molecule has 0 aliphatic heterocycles. The van der Waals surface area contributed by atoms with Crippen molar-refractivity contribution in [2.24, 2.45) is 0 Å². The predicted octanol–water partition coefficient (Wildman–Crippen LogP) is 5.43. The first kappa shape index (κ1) is 32.2. The van der Waals surface area contributed by atoms with Gasteiger partial charge in [0.1, 0.15) is 13.2 Å². The fourth-order valence-corrected chi connectivity index (χ4v) is 3.75. The normalized spacial score (nSPS) is 9.95. The summed E-state index contributed by atoms with van der Waals surface area (Å²) < 4.78 is 10.1. The average molecular weight is 558 g/mol. The van der Waals surface area contributed by atoms with Crippen LogP contribution in [-0.4, -0.2) is 42.1 Å². The van der Waals surface area contributed by atoms with Crippen molar-refractivity contribution in [3.63, 3.8) is 0 Å². The molecule has 8 heteroatoms. The third-order valence-corrected chi connectivity index (χ3v) is 6.04. The van der Waals surface area contributed by atoms with Crippen molar-refractivity contribution in [2.45, 2.75) is 34.2 Å². The Kier molecular flexibility index (Phi) is 12.2. The smallest absolute Gasteiger partial charge is 0.339 e. The monoisotopic (exact) mass is 557 g/mol. The molecule has 3 aromatic carbocycles. The Morgan fingerprint density at radius 3 is 1.49 bits per heavy atom. The van der Waals surface area contributed by atoms with Crippen molar-refractivity contribution in [3.8, 4) is 0 Å². The molecule has 0 aliphatic rings. The minimum absolute atomic E-state index is 0.132. The minimum Gasteiger partial charge on any atom is -0.478 e. The summed E-state index contributed by atoms with van der Waals surface area (Å²) in [6.07, 6.45) is 0. The maximum atomic E-state index is 12.2. The third-order valence-electron chi connectivity index (χ3n) is 6.04. The number of rotatable bonds is 10. The highest BCUT2D eigenvalue weighted by atomic mass is 16.5. The van der Waals surface area contributed by atoms with Gasteiger partial charge in [-0.1, -0.05) is 79.9 Å². The van der Waals surface area contributed by atoms with E-state index in [-0.39, 0.29) is 30.3 Å². The Morgan fingerprint density at radius 1 is 0.659 bits per heavy atom. The van der Waals surface area contributed by atoms with E-state index in [1.54, 1.807) is 26.0 Å². The van der Waals surface area contributed by atoms with Crippen molar-refractivity contribution < 1.29 is 33.8 Å². The lowest BCUT2D eigenvalue weighted by Crippen LogP contribution is -2.26. The number of hydrogen-bond acceptors (Lipinski definition) is 6. The number of amides is 1. The maximum Gasteiger partial charge on any atom is 0.339 e. The molecule has 0 heterocycles. The summed E-state index contributed by atoms with van der Waals surface area (Å²) >= 11 is 0. The molecule has 0 aliphatic carbocycles. The van der Waals surface area contributed by atoms with Crippen LogP contribution in [0.3, 0.4) is 0 Å². The second kappa shape index (κ2) is 15.6. The van der Waals surface area contributed by atoms with E-state index in [1.165, 1.54) is 0 Å². The highest BCUT2D eigenvalue weighted by Crippen LogP contribution is 2.16. The number of aryl methyl sites for hydroxylation is 4. The maximum absolute atomic E-state index is 12.2. The number of carbonyl (C=O) groups excluding carboxylic acids is 3. The molecule has 214 valence electrons. The van der Waals surface area contributed by atoms with Gasteiger partial charge in [0.05, 0.1) is 16.7 Å². The number of hydrogen-bond donors (Lipinski definition) is 2. The van der Waals surface area contributed by atoms with Crippen LogP contribution < -0.4 is 5.32 Å². The molecule has 8 nitrogen and oxygen atoms in total. The Labute approximate surface area is 240 Å². The molecule has 0 atom stereocenters. The molecule has 3 rings (SSSR count). The lowest BCUT2D eigenvalue weighted by Gasteiger charge is -2.11. The zero-order valence-corrected chi connectivity index (χ0v) is 23.8. The second-order valence-corrected chi connectivity index (χ2v) is 9.37. The van der Waals surface area contributed by atoms with Gasteiger partial charge in [-0.15, -0.1) is 0 Å². The molecule has 0 spiro atoms. The standard InChI is InChI=1S/C20H21NO3.C13H14O4/c1-14-8-7-9-15(2)18(14)20(23)24-13-16(3)19(22)21-12-17-10-5-4-6-11-17;1-8-5-4-6-9(2)11(8)13(16)17-7-10(3)12(14)15/h4-11H,3,12-13H2,1-2H3,(H,21,22);4-6H,3,7H2,1-2H3,(H,14,15). The summed E-state index contributed by atoms with van der Waals surface area (Å²) in [5.41, 5.74) is 5.37. The van der Waals surface area contributed by atoms with Crippen LogP contribution >= 0.6 is 0 Å². The molecule has 0 radical (unpaired) electrons. The van der Waals surface area contributed by atoms with Crippen LogP contribution in [0.15, 0.2) is 91.0 Å². The number of carbonyl (C=O) groups is 4. The Balaban J connectivity index is 0.000000305. The van der Waals surface area contributed by atoms with Crippen LogP contribution in [0.4, 0.5) is 0 Å². The molecule has 0 saturated carbocycles. The van der Waals surface area contributed by atoms with Gasteiger partial charge in [-0.3, -0.25) is 4.79 Å². The fourth-order valence-electron chi connectivity index (χ4n) is 3.75. The molecule has 2 N–H and O–H groups in total. The second-order valence-electron chi connectivity index (χ2n) is 9.37. The Morgan fingerprint density at radius 2 is 1.07 bits per heavy atom. The summed E-state index contributed by atoms with van der Waals surface area (Å²) in [5, 5.41) is 11.3. The quantitative estimate of drug-likeness (QED) is 0.252. The van der Waals surface area contributed by atoms with Gasteiger partial charge >= 0.3 is 17.9 Å². The van der Waals surface area contributed by atoms with Gasteiger partial charge in [0, 0.05) is 12.1 Å². The van der Waals surface area contributed by atoms with E-state index in [4.69, 9.17) is 14.6 Å². The van der Waals surface area contributed by atoms with Crippen molar-refractivity contribution in [1.82, 2.24) is 5.32 Å². The SMILES string of the molecule is C=C(COC(=O)c1c(C)cccc1C)C(=O)NCc1ccccc1.C=C(COC(=O)c1c(C)cccc1C)C(=O)O. The topological polar surface area (TPSA) is 119 Å². The van der Waals surface area contributed by atoms with Crippen LogP contribution in [0, 0.1) is 27.7 Å². The van der Waals surface area contributed by atoms with Crippen LogP contribution in [0.1, 0.15) is 48.5 Å². The zero-order valence-electron chi connectivity index (χ0n) is 23.8. The molecule has 41 heavy (non-hydrogen) atoms.